The van der Waals surface area contributed by atoms with Crippen molar-refractivity contribution in [3.8, 4) is 17.2 Å². The van der Waals surface area contributed by atoms with Gasteiger partial charge in [0.25, 0.3) is 5.91 Å². The molecule has 1 aliphatic rings. The van der Waals surface area contributed by atoms with Gasteiger partial charge in [-0.15, -0.1) is 0 Å². The first-order valence-corrected chi connectivity index (χ1v) is 9.80. The maximum absolute atomic E-state index is 12.6. The predicted molar refractivity (Wildman–Crippen MR) is 108 cm³/mol. The lowest BCUT2D eigenvalue weighted by Gasteiger charge is -2.29. The zero-order chi connectivity index (χ0) is 22.1. The number of nitrogens with one attached hydrogen (secondary N) is 2. The van der Waals surface area contributed by atoms with Crippen molar-refractivity contribution in [2.24, 2.45) is 5.73 Å². The number of amides is 3. The Labute approximate surface area is 175 Å². The van der Waals surface area contributed by atoms with Gasteiger partial charge >= 0.3 is 12.0 Å². The van der Waals surface area contributed by atoms with Crippen LogP contribution in [0.4, 0.5) is 4.79 Å². The highest BCUT2D eigenvalue weighted by atomic mass is 16.5. The van der Waals surface area contributed by atoms with E-state index in [0.29, 0.717) is 19.4 Å². The molecule has 0 saturated heterocycles. The van der Waals surface area contributed by atoms with Gasteiger partial charge in [-0.1, -0.05) is 0 Å². The second kappa shape index (κ2) is 11.1. The molecule has 10 nitrogen and oxygen atoms in total. The molecule has 1 aliphatic carbocycles. The van der Waals surface area contributed by atoms with E-state index in [1.54, 1.807) is 0 Å². The normalized spacial score (nSPS) is 18.1. The van der Waals surface area contributed by atoms with Gasteiger partial charge in [-0.05, 0) is 44.7 Å². The molecular weight excluding hydrogens is 394 g/mol. The first-order valence-electron chi connectivity index (χ1n) is 9.80. The average Bonchev–Trinajstić information content (AvgIpc) is 2.73. The molecule has 1 aromatic rings. The van der Waals surface area contributed by atoms with Crippen molar-refractivity contribution in [3.05, 3.63) is 17.7 Å². The number of ether oxygens (including phenoxy) is 4. The fourth-order valence-electron chi connectivity index (χ4n) is 3.22. The van der Waals surface area contributed by atoms with Crippen LogP contribution in [-0.2, 0) is 9.53 Å². The topological polar surface area (TPSA) is 138 Å². The Morgan fingerprint density at radius 3 is 2.17 bits per heavy atom. The summed E-state index contributed by atoms with van der Waals surface area (Å²) in [5.74, 6) is -0.560. The van der Waals surface area contributed by atoms with Gasteiger partial charge in [0.1, 0.15) is 6.10 Å². The number of rotatable bonds is 9. The molecule has 0 spiro atoms. The Morgan fingerprint density at radius 1 is 1.07 bits per heavy atom. The molecule has 30 heavy (non-hydrogen) atoms. The summed E-state index contributed by atoms with van der Waals surface area (Å²) >= 11 is 0. The molecule has 1 saturated carbocycles. The van der Waals surface area contributed by atoms with Gasteiger partial charge in [0.05, 0.1) is 19.8 Å². The largest absolute Gasteiger partial charge is 0.493 e. The highest BCUT2D eigenvalue weighted by Crippen LogP contribution is 2.39. The van der Waals surface area contributed by atoms with Gasteiger partial charge in [-0.2, -0.15) is 0 Å². The predicted octanol–water partition coefficient (Wildman–Crippen LogP) is 1.36. The lowest BCUT2D eigenvalue weighted by atomic mass is 9.93. The van der Waals surface area contributed by atoms with Gasteiger partial charge in [-0.25, -0.2) is 9.59 Å². The van der Waals surface area contributed by atoms with Crippen LogP contribution in [0.25, 0.3) is 0 Å². The van der Waals surface area contributed by atoms with E-state index in [2.05, 4.69) is 10.6 Å². The van der Waals surface area contributed by atoms with Gasteiger partial charge in [0.2, 0.25) is 5.75 Å². The molecule has 1 aromatic carbocycles. The molecule has 3 amide bonds. The number of esters is 1. The third-order valence-electron chi connectivity index (χ3n) is 4.68. The Morgan fingerprint density at radius 2 is 1.67 bits per heavy atom. The second-order valence-corrected chi connectivity index (χ2v) is 6.85. The Bertz CT molecular complexity index is 736. The van der Waals surface area contributed by atoms with Crippen LogP contribution >= 0.6 is 0 Å². The van der Waals surface area contributed by atoms with E-state index >= 15 is 0 Å². The summed E-state index contributed by atoms with van der Waals surface area (Å²) in [6.07, 6.45) is 2.50. The molecule has 0 atom stereocenters. The minimum Gasteiger partial charge on any atom is -0.493 e. The van der Waals surface area contributed by atoms with Crippen LogP contribution in [0.15, 0.2) is 12.1 Å². The Kier molecular flexibility index (Phi) is 8.57. The highest BCUT2D eigenvalue weighted by molar-refractivity contribution is 5.91. The number of nitrogens with two attached hydrogens (primary N) is 1. The number of carbonyl (C=O) groups excluding carboxylic acids is 3. The van der Waals surface area contributed by atoms with Crippen molar-refractivity contribution >= 4 is 17.9 Å². The minimum absolute atomic E-state index is 0.0633. The molecule has 0 radical (unpaired) electrons. The maximum atomic E-state index is 12.6. The molecule has 0 aliphatic heterocycles. The van der Waals surface area contributed by atoms with Crippen LogP contribution < -0.4 is 30.6 Å². The smallest absolute Gasteiger partial charge is 0.338 e. The molecule has 0 bridgehead atoms. The molecule has 166 valence electrons. The van der Waals surface area contributed by atoms with Gasteiger partial charge in [0, 0.05) is 12.6 Å². The molecular formula is C20H29N3O7. The molecule has 1 fully saturated rings. The van der Waals surface area contributed by atoms with Crippen LogP contribution in [0.5, 0.6) is 17.2 Å². The number of methoxy groups -OCH3 is 2. The number of hydrogen-bond acceptors (Lipinski definition) is 7. The van der Waals surface area contributed by atoms with Crippen LogP contribution in [-0.4, -0.2) is 57.4 Å². The van der Waals surface area contributed by atoms with E-state index in [1.165, 1.54) is 26.4 Å². The van der Waals surface area contributed by atoms with Crippen molar-refractivity contribution in [3.63, 3.8) is 0 Å². The molecule has 0 aromatic heterocycles. The number of primary amides is 1. The lowest BCUT2D eigenvalue weighted by Crippen LogP contribution is -2.44. The summed E-state index contributed by atoms with van der Waals surface area (Å²) in [5, 5.41) is 5.62. The van der Waals surface area contributed by atoms with Crippen LogP contribution in [0.1, 0.15) is 43.0 Å². The summed E-state index contributed by atoms with van der Waals surface area (Å²) in [5.41, 5.74) is 5.34. The number of benzene rings is 1. The minimum atomic E-state index is -0.653. The zero-order valence-electron chi connectivity index (χ0n) is 17.5. The van der Waals surface area contributed by atoms with Crippen molar-refractivity contribution in [2.75, 3.05) is 27.4 Å². The standard InChI is InChI=1S/C20H29N3O7/c1-4-22-20(26)23-13-5-7-14(8-6-13)30-19(25)12-9-15(27-2)18(16(10-12)28-3)29-11-17(21)24/h9-10,13-14H,4-8,11H2,1-3H3,(H2,21,24)(H2,22,23,26). The average molecular weight is 423 g/mol. The molecule has 2 rings (SSSR count). The van der Waals surface area contributed by atoms with Crippen molar-refractivity contribution in [2.45, 2.75) is 44.8 Å². The highest BCUT2D eigenvalue weighted by Gasteiger charge is 2.26. The summed E-state index contributed by atoms with van der Waals surface area (Å²) < 4.78 is 21.5. The monoisotopic (exact) mass is 423 g/mol. The SMILES string of the molecule is CCNC(=O)NC1CCC(OC(=O)c2cc(OC)c(OCC(N)=O)c(OC)c2)CC1. The van der Waals surface area contributed by atoms with E-state index in [-0.39, 0.29) is 47.6 Å². The first kappa shape index (κ1) is 23.1. The van der Waals surface area contributed by atoms with E-state index in [0.717, 1.165) is 12.8 Å². The number of carbonyl (C=O) groups is 3. The third kappa shape index (κ3) is 6.43. The van der Waals surface area contributed by atoms with Crippen LogP contribution in [0.3, 0.4) is 0 Å². The number of hydrogen-bond donors (Lipinski definition) is 3. The summed E-state index contributed by atoms with van der Waals surface area (Å²) in [4.78, 5) is 35.3. The molecule has 0 unspecified atom stereocenters. The zero-order valence-corrected chi connectivity index (χ0v) is 17.5. The summed E-state index contributed by atoms with van der Waals surface area (Å²) in [6, 6.07) is 2.80. The quantitative estimate of drug-likeness (QED) is 0.510. The summed E-state index contributed by atoms with van der Waals surface area (Å²) in [7, 11) is 2.81. The Balaban J connectivity index is 2.00. The van der Waals surface area contributed by atoms with Crippen LogP contribution in [0, 0.1) is 0 Å². The molecule has 0 heterocycles. The van der Waals surface area contributed by atoms with E-state index < -0.39 is 11.9 Å². The molecule has 10 heteroatoms. The Hall–Kier alpha value is -3.17. The van der Waals surface area contributed by atoms with Gasteiger partial charge < -0.3 is 35.3 Å². The van der Waals surface area contributed by atoms with E-state index in [9.17, 15) is 14.4 Å². The van der Waals surface area contributed by atoms with Crippen molar-refractivity contribution in [1.29, 1.82) is 0 Å². The van der Waals surface area contributed by atoms with Crippen LogP contribution in [0.2, 0.25) is 0 Å². The fraction of sp³-hybridized carbons (Fsp3) is 0.550. The maximum Gasteiger partial charge on any atom is 0.338 e. The van der Waals surface area contributed by atoms with E-state index in [4.69, 9.17) is 24.7 Å². The van der Waals surface area contributed by atoms with Crippen molar-refractivity contribution < 1.29 is 33.3 Å². The van der Waals surface area contributed by atoms with Crippen molar-refractivity contribution in [1.82, 2.24) is 10.6 Å². The van der Waals surface area contributed by atoms with Gasteiger partial charge in [-0.3, -0.25) is 4.79 Å². The third-order valence-corrected chi connectivity index (χ3v) is 4.68. The van der Waals surface area contributed by atoms with Gasteiger partial charge in [0.15, 0.2) is 18.1 Å². The summed E-state index contributed by atoms with van der Waals surface area (Å²) in [6.45, 7) is 2.07. The molecule has 4 N–H and O–H groups in total. The van der Waals surface area contributed by atoms with E-state index in [1.807, 2.05) is 6.92 Å². The fourth-order valence-corrected chi connectivity index (χ4v) is 3.22. The lowest BCUT2D eigenvalue weighted by molar-refractivity contribution is -0.120. The second-order valence-electron chi connectivity index (χ2n) is 6.85. The first-order chi connectivity index (χ1) is 14.4. The number of urea groups is 1.